The van der Waals surface area contributed by atoms with Gasteiger partial charge in [0.05, 0.1) is 4.91 Å². The van der Waals surface area contributed by atoms with Gasteiger partial charge >= 0.3 is 0 Å². The number of hydrogen-bond acceptors (Lipinski definition) is 6. The van der Waals surface area contributed by atoms with Crippen molar-refractivity contribution in [3.63, 3.8) is 0 Å². The Labute approximate surface area is 180 Å². The molecule has 3 amide bonds. The van der Waals surface area contributed by atoms with Crippen molar-refractivity contribution in [3.8, 4) is 5.75 Å². The fourth-order valence-electron chi connectivity index (χ4n) is 2.55. The van der Waals surface area contributed by atoms with Crippen molar-refractivity contribution in [3.05, 3.63) is 70.4 Å². The van der Waals surface area contributed by atoms with Crippen molar-refractivity contribution in [2.45, 2.75) is 6.42 Å². The first-order valence-electron chi connectivity index (χ1n) is 8.73. The van der Waals surface area contributed by atoms with Crippen LogP contribution in [0, 0.1) is 5.82 Å². The van der Waals surface area contributed by atoms with Crippen LogP contribution in [0.3, 0.4) is 0 Å². The lowest BCUT2D eigenvalue weighted by Gasteiger charge is -2.14. The van der Waals surface area contributed by atoms with Crippen LogP contribution in [0.4, 0.5) is 4.39 Å². The van der Waals surface area contributed by atoms with E-state index in [2.05, 4.69) is 10.9 Å². The zero-order valence-corrected chi connectivity index (χ0v) is 17.1. The first-order valence-corrected chi connectivity index (χ1v) is 9.96. The van der Waals surface area contributed by atoms with Gasteiger partial charge in [0, 0.05) is 24.1 Å². The zero-order chi connectivity index (χ0) is 21.7. The van der Waals surface area contributed by atoms with Crippen LogP contribution in [-0.4, -0.2) is 38.6 Å². The quantitative estimate of drug-likeness (QED) is 0.372. The monoisotopic (exact) mass is 445 g/mol. The molecule has 3 N–H and O–H groups in total. The minimum Gasteiger partial charge on any atom is -0.508 e. The summed E-state index contributed by atoms with van der Waals surface area (Å²) in [6.07, 6.45) is 1.31. The Balaban J connectivity index is 1.53. The second kappa shape index (κ2) is 9.51. The lowest BCUT2D eigenvalue weighted by Crippen LogP contribution is -2.43. The van der Waals surface area contributed by atoms with Gasteiger partial charge in [0.25, 0.3) is 11.8 Å². The number of aromatic hydroxyl groups is 1. The van der Waals surface area contributed by atoms with E-state index >= 15 is 0 Å². The second-order valence-corrected chi connectivity index (χ2v) is 7.83. The van der Waals surface area contributed by atoms with Gasteiger partial charge in [-0.2, -0.15) is 0 Å². The second-order valence-electron chi connectivity index (χ2n) is 6.16. The topological polar surface area (TPSA) is 98.7 Å². The fraction of sp³-hybridized carbons (Fsp3) is 0.100. The van der Waals surface area contributed by atoms with E-state index in [9.17, 15) is 23.9 Å². The zero-order valence-electron chi connectivity index (χ0n) is 15.4. The molecule has 154 valence electrons. The summed E-state index contributed by atoms with van der Waals surface area (Å²) in [6.45, 7) is 0.00705. The summed E-state index contributed by atoms with van der Waals surface area (Å²) in [5.74, 6) is -2.07. The first kappa shape index (κ1) is 21.5. The first-order chi connectivity index (χ1) is 14.3. The van der Waals surface area contributed by atoms with Crippen molar-refractivity contribution in [1.82, 2.24) is 15.8 Å². The number of carbonyl (C=O) groups is 3. The molecule has 0 bridgehead atoms. The third-order valence-corrected chi connectivity index (χ3v) is 5.43. The molecule has 1 aliphatic heterocycles. The molecular weight excluding hydrogens is 429 g/mol. The van der Waals surface area contributed by atoms with E-state index in [1.807, 2.05) is 0 Å². The molecule has 1 saturated heterocycles. The number of phenolic OH excluding ortho intramolecular Hbond substituents is 1. The van der Waals surface area contributed by atoms with E-state index in [1.54, 1.807) is 18.2 Å². The molecule has 2 aromatic rings. The Morgan fingerprint density at radius 2 is 1.93 bits per heavy atom. The number of carbonyl (C=O) groups excluding carboxylic acids is 3. The number of thiocarbonyl (C=S) groups is 1. The lowest BCUT2D eigenvalue weighted by molar-refractivity contribution is -0.124. The molecule has 1 fully saturated rings. The normalized spacial score (nSPS) is 14.8. The summed E-state index contributed by atoms with van der Waals surface area (Å²) < 4.78 is 14.1. The molecule has 0 aromatic heterocycles. The Morgan fingerprint density at radius 3 is 2.67 bits per heavy atom. The van der Waals surface area contributed by atoms with Gasteiger partial charge in [-0.25, -0.2) is 4.39 Å². The van der Waals surface area contributed by atoms with Gasteiger partial charge < -0.3 is 5.11 Å². The van der Waals surface area contributed by atoms with E-state index in [4.69, 9.17) is 12.2 Å². The van der Waals surface area contributed by atoms with Crippen LogP contribution in [0.25, 0.3) is 6.08 Å². The molecule has 2 aromatic carbocycles. The van der Waals surface area contributed by atoms with Gasteiger partial charge in [-0.05, 0) is 30.3 Å². The molecule has 0 aliphatic carbocycles. The number of nitrogens with zero attached hydrogens (tertiary/aromatic N) is 1. The molecule has 1 aliphatic rings. The molecule has 10 heteroatoms. The maximum absolute atomic E-state index is 13.8. The summed E-state index contributed by atoms with van der Waals surface area (Å²) in [4.78, 5) is 38.0. The van der Waals surface area contributed by atoms with Crippen molar-refractivity contribution in [2.75, 3.05) is 6.54 Å². The molecule has 0 spiro atoms. The Bertz CT molecular complexity index is 1060. The lowest BCUT2D eigenvalue weighted by atomic mass is 10.2. The SMILES string of the molecule is O=C(CCN1C(=O)/C(=C/c2ccccc2F)SC1=S)NNC(=O)c1cccc(O)c1. The molecule has 0 atom stereocenters. The Morgan fingerprint density at radius 1 is 1.17 bits per heavy atom. The highest BCUT2D eigenvalue weighted by atomic mass is 32.2. The van der Waals surface area contributed by atoms with Crippen molar-refractivity contribution >= 4 is 52.1 Å². The summed E-state index contributed by atoms with van der Waals surface area (Å²) in [5.41, 5.74) is 4.91. The van der Waals surface area contributed by atoms with Crippen LogP contribution >= 0.6 is 24.0 Å². The summed E-state index contributed by atoms with van der Waals surface area (Å²) in [7, 11) is 0. The molecule has 0 saturated carbocycles. The van der Waals surface area contributed by atoms with Crippen LogP contribution in [-0.2, 0) is 9.59 Å². The van der Waals surface area contributed by atoms with Crippen LogP contribution in [0.1, 0.15) is 22.3 Å². The number of benzene rings is 2. The summed E-state index contributed by atoms with van der Waals surface area (Å²) >= 11 is 6.22. The summed E-state index contributed by atoms with van der Waals surface area (Å²) in [6, 6.07) is 11.7. The molecule has 1 heterocycles. The fourth-order valence-corrected chi connectivity index (χ4v) is 3.85. The van der Waals surface area contributed by atoms with Crippen LogP contribution in [0.15, 0.2) is 53.4 Å². The number of hydrogen-bond donors (Lipinski definition) is 3. The Kier molecular flexibility index (Phi) is 6.80. The summed E-state index contributed by atoms with van der Waals surface area (Å²) in [5, 5.41) is 9.38. The highest BCUT2D eigenvalue weighted by molar-refractivity contribution is 8.26. The number of amides is 3. The Hall–Kier alpha value is -3.24. The van der Waals surface area contributed by atoms with Crippen LogP contribution < -0.4 is 10.9 Å². The highest BCUT2D eigenvalue weighted by Gasteiger charge is 2.32. The largest absolute Gasteiger partial charge is 0.508 e. The van der Waals surface area contributed by atoms with Crippen LogP contribution in [0.5, 0.6) is 5.75 Å². The van der Waals surface area contributed by atoms with E-state index in [0.29, 0.717) is 0 Å². The molecule has 0 unspecified atom stereocenters. The average molecular weight is 445 g/mol. The van der Waals surface area contributed by atoms with E-state index in [0.717, 1.165) is 11.8 Å². The van der Waals surface area contributed by atoms with Gasteiger partial charge in [0.2, 0.25) is 5.91 Å². The number of hydrazine groups is 1. The smallest absolute Gasteiger partial charge is 0.269 e. The van der Waals surface area contributed by atoms with Gasteiger partial charge in [0.15, 0.2) is 0 Å². The minimum absolute atomic E-state index is 0.00705. The number of phenols is 1. The maximum Gasteiger partial charge on any atom is 0.269 e. The van der Waals surface area contributed by atoms with Gasteiger partial charge in [-0.1, -0.05) is 48.2 Å². The predicted octanol–water partition coefficient (Wildman–Crippen LogP) is 2.58. The van der Waals surface area contributed by atoms with Gasteiger partial charge in [-0.3, -0.25) is 30.1 Å². The van der Waals surface area contributed by atoms with E-state index in [-0.39, 0.29) is 39.1 Å². The molecule has 7 nitrogen and oxygen atoms in total. The van der Waals surface area contributed by atoms with Gasteiger partial charge in [0.1, 0.15) is 15.9 Å². The van der Waals surface area contributed by atoms with Gasteiger partial charge in [-0.15, -0.1) is 0 Å². The third kappa shape index (κ3) is 5.22. The van der Waals surface area contributed by atoms with E-state index in [1.165, 1.54) is 41.3 Å². The number of thioether (sulfide) groups is 1. The molecular formula is C20H16FN3O4S2. The van der Waals surface area contributed by atoms with Crippen LogP contribution in [0.2, 0.25) is 0 Å². The van der Waals surface area contributed by atoms with E-state index < -0.39 is 23.5 Å². The predicted molar refractivity (Wildman–Crippen MR) is 115 cm³/mol. The van der Waals surface area contributed by atoms with Crippen molar-refractivity contribution in [2.24, 2.45) is 0 Å². The molecule has 30 heavy (non-hydrogen) atoms. The minimum atomic E-state index is -0.599. The maximum atomic E-state index is 13.8. The number of halogens is 1. The molecule has 3 rings (SSSR count). The standard InChI is InChI=1S/C20H16FN3O4S2/c21-15-7-2-1-4-12(15)11-16-19(28)24(20(29)30-16)9-8-17(26)22-23-18(27)13-5-3-6-14(25)10-13/h1-7,10-11,25H,8-9H2,(H,22,26)(H,23,27)/b16-11-. The highest BCUT2D eigenvalue weighted by Crippen LogP contribution is 2.32. The third-order valence-electron chi connectivity index (χ3n) is 4.05. The van der Waals surface area contributed by atoms with Crippen molar-refractivity contribution < 1.29 is 23.9 Å². The van der Waals surface area contributed by atoms with Crippen molar-refractivity contribution in [1.29, 1.82) is 0 Å². The average Bonchev–Trinajstić information content (AvgIpc) is 2.99. The molecule has 0 radical (unpaired) electrons. The number of rotatable bonds is 5. The number of nitrogens with one attached hydrogen (secondary N) is 2.